The van der Waals surface area contributed by atoms with Gasteiger partial charge in [0.15, 0.2) is 0 Å². The molecule has 0 saturated carbocycles. The van der Waals surface area contributed by atoms with Gasteiger partial charge in [-0.05, 0) is 71.2 Å². The van der Waals surface area contributed by atoms with Gasteiger partial charge in [0.2, 0.25) is 10.0 Å². The Labute approximate surface area is 169 Å². The molecule has 1 fully saturated rings. The van der Waals surface area contributed by atoms with Gasteiger partial charge in [-0.25, -0.2) is 8.42 Å². The summed E-state index contributed by atoms with van der Waals surface area (Å²) in [6.07, 6.45) is 1.84. The molecule has 0 N–H and O–H groups in total. The first-order valence-electron chi connectivity index (χ1n) is 8.96. The summed E-state index contributed by atoms with van der Waals surface area (Å²) in [6, 6.07) is 15.7. The fourth-order valence-corrected chi connectivity index (χ4v) is 6.92. The van der Waals surface area contributed by atoms with E-state index < -0.39 is 10.0 Å². The molecule has 0 aromatic heterocycles. The highest BCUT2D eigenvalue weighted by molar-refractivity contribution is 14.1. The van der Waals surface area contributed by atoms with Crippen LogP contribution in [0, 0.1) is 6.92 Å². The zero-order valence-electron chi connectivity index (χ0n) is 15.0. The number of sulfonamides is 1. The van der Waals surface area contributed by atoms with Crippen LogP contribution in [0.3, 0.4) is 0 Å². The van der Waals surface area contributed by atoms with Gasteiger partial charge in [0.1, 0.15) is 0 Å². The van der Waals surface area contributed by atoms with Gasteiger partial charge in [-0.3, -0.25) is 0 Å². The van der Waals surface area contributed by atoms with Crippen molar-refractivity contribution >= 4 is 36.2 Å². The molecule has 1 aliphatic carbocycles. The first kappa shape index (κ1) is 18.2. The molecule has 0 bridgehead atoms. The summed E-state index contributed by atoms with van der Waals surface area (Å²) in [7, 11) is -3.47. The molecule has 26 heavy (non-hydrogen) atoms. The fraction of sp³-hybridized carbons (Fsp3) is 0.333. The van der Waals surface area contributed by atoms with E-state index >= 15 is 0 Å². The minimum Gasteiger partial charge on any atom is -0.207 e. The van der Waals surface area contributed by atoms with Gasteiger partial charge in [0, 0.05) is 22.1 Å². The predicted molar refractivity (Wildman–Crippen MR) is 114 cm³/mol. The van der Waals surface area contributed by atoms with Crippen molar-refractivity contribution in [3.8, 4) is 0 Å². The van der Waals surface area contributed by atoms with E-state index in [1.165, 1.54) is 20.3 Å². The van der Waals surface area contributed by atoms with Crippen molar-refractivity contribution in [2.75, 3.05) is 13.1 Å². The molecule has 5 heteroatoms. The predicted octanol–water partition coefficient (Wildman–Crippen LogP) is 4.90. The van der Waals surface area contributed by atoms with Crippen molar-refractivity contribution in [2.45, 2.75) is 37.0 Å². The van der Waals surface area contributed by atoms with E-state index in [1.54, 1.807) is 16.4 Å². The van der Waals surface area contributed by atoms with Crippen molar-refractivity contribution in [2.24, 2.45) is 0 Å². The van der Waals surface area contributed by atoms with Crippen LogP contribution in [0.5, 0.6) is 0 Å². The number of hydrogen-bond donors (Lipinski definition) is 0. The average molecular weight is 479 g/mol. The van der Waals surface area contributed by atoms with Crippen molar-refractivity contribution in [3.05, 3.63) is 70.8 Å². The Morgan fingerprint density at radius 3 is 2.50 bits per heavy atom. The number of nitrogens with zero attached hydrogens (tertiary/aromatic N) is 1. The van der Waals surface area contributed by atoms with Gasteiger partial charge < -0.3 is 0 Å². The normalized spacial score (nSPS) is 23.0. The standard InChI is InChI=1S/C21H22INO2S/c1-3-21-12-13-23(26(24,25)16-10-8-15(2)9-11-16)14-19(21)20(22)17-6-4-5-7-18(17)21/h4-11H,3,12-14H2,1-2H3. The van der Waals surface area contributed by atoms with Crippen LogP contribution in [0.25, 0.3) is 3.58 Å². The maximum Gasteiger partial charge on any atom is 0.243 e. The summed E-state index contributed by atoms with van der Waals surface area (Å²) in [5.41, 5.74) is 4.97. The van der Waals surface area contributed by atoms with Gasteiger partial charge >= 0.3 is 0 Å². The van der Waals surface area contributed by atoms with Gasteiger partial charge in [0.05, 0.1) is 4.90 Å². The molecule has 1 atom stereocenters. The van der Waals surface area contributed by atoms with Gasteiger partial charge in [-0.15, -0.1) is 0 Å². The van der Waals surface area contributed by atoms with E-state index in [0.29, 0.717) is 18.0 Å². The van der Waals surface area contributed by atoms with Crippen LogP contribution >= 0.6 is 22.6 Å². The van der Waals surface area contributed by atoms with Crippen LogP contribution in [0.1, 0.15) is 36.5 Å². The number of aryl methyl sites for hydroxylation is 1. The highest BCUT2D eigenvalue weighted by Gasteiger charge is 2.47. The second-order valence-electron chi connectivity index (χ2n) is 7.18. The lowest BCUT2D eigenvalue weighted by atomic mass is 9.71. The highest BCUT2D eigenvalue weighted by atomic mass is 127. The molecule has 0 radical (unpaired) electrons. The van der Waals surface area contributed by atoms with Crippen LogP contribution in [-0.4, -0.2) is 25.8 Å². The molecule has 1 unspecified atom stereocenters. The Bertz CT molecular complexity index is 995. The van der Waals surface area contributed by atoms with Crippen LogP contribution < -0.4 is 0 Å². The summed E-state index contributed by atoms with van der Waals surface area (Å²) in [5.74, 6) is 0. The molecule has 0 amide bonds. The largest absolute Gasteiger partial charge is 0.243 e. The average Bonchev–Trinajstić information content (AvgIpc) is 2.91. The number of hydrogen-bond acceptors (Lipinski definition) is 2. The van der Waals surface area contributed by atoms with E-state index in [4.69, 9.17) is 0 Å². The summed E-state index contributed by atoms with van der Waals surface area (Å²) in [4.78, 5) is 0.387. The lowest BCUT2D eigenvalue weighted by Gasteiger charge is -2.41. The third kappa shape index (κ3) is 2.59. The van der Waals surface area contributed by atoms with Crippen LogP contribution in [0.15, 0.2) is 59.0 Å². The number of halogens is 1. The van der Waals surface area contributed by atoms with E-state index in [2.05, 4.69) is 53.8 Å². The third-order valence-corrected chi connectivity index (χ3v) is 9.00. The van der Waals surface area contributed by atoms with Crippen molar-refractivity contribution in [1.29, 1.82) is 0 Å². The molecule has 4 rings (SSSR count). The Kier molecular flexibility index (Phi) is 4.52. The third-order valence-electron chi connectivity index (χ3n) is 5.91. The Balaban J connectivity index is 1.74. The van der Waals surface area contributed by atoms with Gasteiger partial charge in [-0.1, -0.05) is 48.9 Å². The first-order chi connectivity index (χ1) is 12.4. The fourth-order valence-electron chi connectivity index (χ4n) is 4.35. The quantitative estimate of drug-likeness (QED) is 0.588. The van der Waals surface area contributed by atoms with Crippen molar-refractivity contribution < 1.29 is 8.42 Å². The maximum atomic E-state index is 13.2. The molecule has 2 aromatic carbocycles. The van der Waals surface area contributed by atoms with E-state index in [9.17, 15) is 8.42 Å². The van der Waals surface area contributed by atoms with Crippen molar-refractivity contribution in [1.82, 2.24) is 4.31 Å². The summed E-state index contributed by atoms with van der Waals surface area (Å²) in [5, 5.41) is 0. The Hall–Kier alpha value is -1.18. The van der Waals surface area contributed by atoms with Crippen LogP contribution in [0.4, 0.5) is 0 Å². The van der Waals surface area contributed by atoms with E-state index in [0.717, 1.165) is 18.4 Å². The smallest absolute Gasteiger partial charge is 0.207 e. The van der Waals surface area contributed by atoms with Crippen LogP contribution in [0.2, 0.25) is 0 Å². The molecule has 3 nitrogen and oxygen atoms in total. The van der Waals surface area contributed by atoms with Crippen LogP contribution in [-0.2, 0) is 15.4 Å². The van der Waals surface area contributed by atoms with Gasteiger partial charge in [-0.2, -0.15) is 4.31 Å². The first-order valence-corrected chi connectivity index (χ1v) is 11.5. The number of benzene rings is 2. The minimum atomic E-state index is -3.47. The lowest BCUT2D eigenvalue weighted by Crippen LogP contribution is -2.45. The van der Waals surface area contributed by atoms with E-state index in [1.807, 2.05) is 19.1 Å². The number of piperidine rings is 1. The summed E-state index contributed by atoms with van der Waals surface area (Å²) < 4.78 is 29.2. The zero-order valence-corrected chi connectivity index (χ0v) is 18.0. The molecule has 0 spiro atoms. The second kappa shape index (κ2) is 6.46. The molecule has 2 aliphatic rings. The highest BCUT2D eigenvalue weighted by Crippen LogP contribution is 2.54. The summed E-state index contributed by atoms with van der Waals surface area (Å²) >= 11 is 2.41. The Morgan fingerprint density at radius 2 is 1.81 bits per heavy atom. The molecule has 1 heterocycles. The lowest BCUT2D eigenvalue weighted by molar-refractivity contribution is 0.303. The van der Waals surface area contributed by atoms with E-state index in [-0.39, 0.29) is 5.41 Å². The number of rotatable bonds is 3. The molecule has 2 aromatic rings. The molecule has 136 valence electrons. The number of fused-ring (bicyclic) bond motifs is 3. The Morgan fingerprint density at radius 1 is 1.12 bits per heavy atom. The SMILES string of the molecule is CCC12CCN(S(=O)(=O)c3ccc(C)cc3)CC1=C(I)c1ccccc12. The maximum absolute atomic E-state index is 13.2. The molecule has 1 saturated heterocycles. The molecular formula is C21H22INO2S. The molecular weight excluding hydrogens is 457 g/mol. The van der Waals surface area contributed by atoms with Gasteiger partial charge in [0.25, 0.3) is 0 Å². The van der Waals surface area contributed by atoms with Crippen molar-refractivity contribution in [3.63, 3.8) is 0 Å². The second-order valence-corrected chi connectivity index (χ2v) is 10.2. The monoisotopic (exact) mass is 479 g/mol. The zero-order chi connectivity index (χ0) is 18.5. The summed E-state index contributed by atoms with van der Waals surface area (Å²) in [6.45, 7) is 5.23. The molecule has 1 aliphatic heterocycles. The minimum absolute atomic E-state index is 0.00753. The topological polar surface area (TPSA) is 37.4 Å².